The van der Waals surface area contributed by atoms with E-state index in [9.17, 15) is 10.1 Å². The molecule has 0 aliphatic heterocycles. The third kappa shape index (κ3) is 7.48. The van der Waals surface area contributed by atoms with Crippen molar-refractivity contribution in [3.63, 3.8) is 0 Å². The van der Waals surface area contributed by atoms with Crippen molar-refractivity contribution in [2.24, 2.45) is 10.2 Å². The van der Waals surface area contributed by atoms with Gasteiger partial charge in [0.15, 0.2) is 5.71 Å². The molecule has 25 heavy (non-hydrogen) atoms. The smallest absolute Gasteiger partial charge is 0.446 e. The van der Waals surface area contributed by atoms with Crippen LogP contribution in [0.2, 0.25) is 0 Å². The zero-order chi connectivity index (χ0) is 19.0. The summed E-state index contributed by atoms with van der Waals surface area (Å²) in [6, 6.07) is 7.61. The monoisotopic (exact) mass is 345 g/mol. The molecule has 0 unspecified atom stereocenters. The maximum atomic E-state index is 11.6. The first-order valence-electron chi connectivity index (χ1n) is 7.90. The Labute approximate surface area is 147 Å². The summed E-state index contributed by atoms with van der Waals surface area (Å²) in [5, 5.41) is 17.0. The van der Waals surface area contributed by atoms with Gasteiger partial charge in [-0.25, -0.2) is 4.79 Å². The van der Waals surface area contributed by atoms with E-state index >= 15 is 0 Å². The van der Waals surface area contributed by atoms with Crippen LogP contribution in [0.15, 0.2) is 28.4 Å². The van der Waals surface area contributed by atoms with Gasteiger partial charge in [0.05, 0.1) is 12.2 Å². The molecule has 0 aliphatic rings. The summed E-state index contributed by atoms with van der Waals surface area (Å²) in [5.41, 5.74) is 2.70. The van der Waals surface area contributed by atoms with Crippen molar-refractivity contribution in [1.82, 2.24) is 0 Å². The van der Waals surface area contributed by atoms with Crippen molar-refractivity contribution in [2.75, 3.05) is 0 Å². The molecular formula is C18H23N3O4. The van der Waals surface area contributed by atoms with Crippen molar-refractivity contribution in [3.8, 4) is 6.07 Å². The lowest BCUT2D eigenvalue weighted by atomic mass is 10.0. The molecule has 0 radical (unpaired) electrons. The fraction of sp³-hybridized carbons (Fsp3) is 0.444. The van der Waals surface area contributed by atoms with Gasteiger partial charge in [-0.05, 0) is 53.7 Å². The Bertz CT molecular complexity index is 695. The molecule has 0 N–H and O–H groups in total. The van der Waals surface area contributed by atoms with Gasteiger partial charge in [0, 0.05) is 5.56 Å². The van der Waals surface area contributed by atoms with Crippen LogP contribution in [0, 0.1) is 25.2 Å². The summed E-state index contributed by atoms with van der Waals surface area (Å²) in [6.07, 6.45) is -1.97. The zero-order valence-corrected chi connectivity index (χ0v) is 15.4. The Kier molecular flexibility index (Phi) is 7.60. The fourth-order valence-electron chi connectivity index (χ4n) is 1.90. The molecule has 0 saturated carbocycles. The van der Waals surface area contributed by atoms with Crippen LogP contribution in [0.1, 0.15) is 44.4 Å². The highest BCUT2D eigenvalue weighted by atomic mass is 16.8. The minimum absolute atomic E-state index is 0.0810. The van der Waals surface area contributed by atoms with Crippen LogP contribution in [-0.4, -0.2) is 30.2 Å². The molecule has 0 bridgehead atoms. The second-order valence-corrected chi connectivity index (χ2v) is 5.99. The lowest BCUT2D eigenvalue weighted by Crippen LogP contribution is -2.21. The molecule has 0 spiro atoms. The SMILES string of the molecule is Cc1cc(C)cc(/C(C#N)=N/N=C(\OC(=O)OC(C)C)OC(C)C)c1. The largest absolute Gasteiger partial charge is 0.517 e. The predicted octanol–water partition coefficient (Wildman–Crippen LogP) is 3.87. The van der Waals surface area contributed by atoms with E-state index in [0.29, 0.717) is 5.56 Å². The number of aryl methyl sites for hydroxylation is 2. The zero-order valence-electron chi connectivity index (χ0n) is 15.4. The molecule has 1 rings (SSSR count). The molecule has 0 fully saturated rings. The Hall–Kier alpha value is -2.88. The van der Waals surface area contributed by atoms with Gasteiger partial charge in [-0.3, -0.25) is 0 Å². The number of nitrogens with zero attached hydrogens (tertiary/aromatic N) is 3. The van der Waals surface area contributed by atoms with Gasteiger partial charge in [0.25, 0.3) is 0 Å². The number of rotatable bonds is 4. The first kappa shape index (κ1) is 20.2. The minimum Gasteiger partial charge on any atom is -0.446 e. The van der Waals surface area contributed by atoms with Crippen LogP contribution in [-0.2, 0) is 14.2 Å². The Morgan fingerprint density at radius 1 is 1.00 bits per heavy atom. The van der Waals surface area contributed by atoms with Gasteiger partial charge >= 0.3 is 12.2 Å². The van der Waals surface area contributed by atoms with Crippen LogP contribution >= 0.6 is 0 Å². The average molecular weight is 345 g/mol. The summed E-state index contributed by atoms with van der Waals surface area (Å²) in [5.74, 6) is 0. The number of carbonyl (C=O) groups is 1. The lowest BCUT2D eigenvalue weighted by molar-refractivity contribution is 0.0502. The molecule has 0 amide bonds. The van der Waals surface area contributed by atoms with Gasteiger partial charge < -0.3 is 14.2 Å². The van der Waals surface area contributed by atoms with E-state index in [2.05, 4.69) is 10.2 Å². The Morgan fingerprint density at radius 2 is 1.56 bits per heavy atom. The summed E-state index contributed by atoms with van der Waals surface area (Å²) in [4.78, 5) is 11.6. The van der Waals surface area contributed by atoms with Crippen molar-refractivity contribution in [3.05, 3.63) is 34.9 Å². The third-order valence-electron chi connectivity index (χ3n) is 2.67. The highest BCUT2D eigenvalue weighted by molar-refractivity contribution is 6.11. The third-order valence-corrected chi connectivity index (χ3v) is 2.67. The van der Waals surface area contributed by atoms with Crippen molar-refractivity contribution < 1.29 is 19.0 Å². The number of benzene rings is 1. The summed E-state index contributed by atoms with van der Waals surface area (Å²) < 4.78 is 15.1. The Morgan fingerprint density at radius 3 is 2.04 bits per heavy atom. The first-order valence-corrected chi connectivity index (χ1v) is 7.90. The number of hydrogen-bond donors (Lipinski definition) is 0. The topological polar surface area (TPSA) is 93.3 Å². The molecule has 0 heterocycles. The summed E-state index contributed by atoms with van der Waals surface area (Å²) in [7, 11) is 0. The van der Waals surface area contributed by atoms with E-state index in [1.54, 1.807) is 27.7 Å². The number of carbonyl (C=O) groups excluding carboxylic acids is 1. The fourth-order valence-corrected chi connectivity index (χ4v) is 1.90. The van der Waals surface area contributed by atoms with Crippen LogP contribution in [0.5, 0.6) is 0 Å². The first-order chi connectivity index (χ1) is 11.7. The van der Waals surface area contributed by atoms with Crippen LogP contribution in [0.3, 0.4) is 0 Å². The molecule has 1 aromatic rings. The molecule has 0 aliphatic carbocycles. The predicted molar refractivity (Wildman–Crippen MR) is 94.4 cm³/mol. The highest BCUT2D eigenvalue weighted by Gasteiger charge is 2.15. The van der Waals surface area contributed by atoms with E-state index in [1.165, 1.54) is 0 Å². The maximum Gasteiger partial charge on any atom is 0.517 e. The minimum atomic E-state index is -0.950. The van der Waals surface area contributed by atoms with E-state index in [0.717, 1.165) is 11.1 Å². The second-order valence-electron chi connectivity index (χ2n) is 5.99. The van der Waals surface area contributed by atoms with Gasteiger partial charge in [-0.2, -0.15) is 5.26 Å². The maximum absolute atomic E-state index is 11.6. The quantitative estimate of drug-likeness (QED) is 0.357. The van der Waals surface area contributed by atoms with Crippen LogP contribution < -0.4 is 0 Å². The highest BCUT2D eigenvalue weighted by Crippen LogP contribution is 2.10. The standard InChI is InChI=1S/C18H23N3O4/c1-11(2)23-17(25-18(22)24-12(3)4)21-20-16(10-19)15-8-13(5)7-14(6)9-15/h7-9,11-12H,1-6H3/b20-16+,21-17-. The lowest BCUT2D eigenvalue weighted by Gasteiger charge is -2.12. The molecule has 0 saturated heterocycles. The van der Waals surface area contributed by atoms with Gasteiger partial charge in [-0.15, -0.1) is 5.10 Å². The van der Waals surface area contributed by atoms with Crippen LogP contribution in [0.4, 0.5) is 4.79 Å². The Balaban J connectivity index is 3.10. The molecule has 7 heteroatoms. The molecule has 0 aromatic heterocycles. The van der Waals surface area contributed by atoms with Gasteiger partial charge in [0.1, 0.15) is 6.07 Å². The van der Waals surface area contributed by atoms with E-state index in [-0.39, 0.29) is 24.0 Å². The van der Waals surface area contributed by atoms with Gasteiger partial charge in [-0.1, -0.05) is 22.3 Å². The number of hydrogen-bond acceptors (Lipinski definition) is 7. The van der Waals surface area contributed by atoms with Crippen molar-refractivity contribution in [2.45, 2.75) is 53.8 Å². The van der Waals surface area contributed by atoms with E-state index < -0.39 is 6.16 Å². The number of ether oxygens (including phenoxy) is 3. The van der Waals surface area contributed by atoms with E-state index in [4.69, 9.17) is 14.2 Å². The van der Waals surface area contributed by atoms with Gasteiger partial charge in [0.2, 0.25) is 0 Å². The normalized spacial score (nSPS) is 12.1. The van der Waals surface area contributed by atoms with E-state index in [1.807, 2.05) is 38.1 Å². The van der Waals surface area contributed by atoms with Crippen molar-refractivity contribution >= 4 is 18.0 Å². The average Bonchev–Trinajstić information content (AvgIpc) is 2.45. The molecular weight excluding hydrogens is 322 g/mol. The van der Waals surface area contributed by atoms with Crippen molar-refractivity contribution in [1.29, 1.82) is 5.26 Å². The molecule has 1 aromatic carbocycles. The summed E-state index contributed by atoms with van der Waals surface area (Å²) >= 11 is 0. The molecule has 134 valence electrons. The molecule has 7 nitrogen and oxygen atoms in total. The summed E-state index contributed by atoms with van der Waals surface area (Å²) in [6.45, 7) is 10.7. The van der Waals surface area contributed by atoms with Crippen LogP contribution in [0.25, 0.3) is 0 Å². The second kappa shape index (κ2) is 9.42. The number of nitriles is 1. The molecule has 0 atom stereocenters.